The molecule has 3 nitrogen and oxygen atoms in total. The molecule has 1 amide bonds. The van der Waals surface area contributed by atoms with Crippen LogP contribution in [0, 0.1) is 5.82 Å². The number of carbonyl (C=O) groups excluding carboxylic acids is 1. The molecule has 2 aromatic carbocycles. The van der Waals surface area contributed by atoms with Gasteiger partial charge >= 0.3 is 0 Å². The summed E-state index contributed by atoms with van der Waals surface area (Å²) in [6, 6.07) is 16.2. The summed E-state index contributed by atoms with van der Waals surface area (Å²) in [6.07, 6.45) is 0.924. The molecule has 4 rings (SSSR count). The van der Waals surface area contributed by atoms with Crippen LogP contribution in [0.2, 0.25) is 0 Å². The summed E-state index contributed by atoms with van der Waals surface area (Å²) in [4.78, 5) is 17.8. The number of para-hydroxylation sites is 1. The summed E-state index contributed by atoms with van der Waals surface area (Å²) in [5, 5.41) is 1.19. The van der Waals surface area contributed by atoms with E-state index in [2.05, 4.69) is 23.2 Å². The number of amides is 1. The number of likely N-dealkylation sites (tertiary alicyclic amines) is 1. The fourth-order valence-electron chi connectivity index (χ4n) is 3.32. The van der Waals surface area contributed by atoms with Crippen LogP contribution in [0.25, 0.3) is 10.9 Å². The minimum atomic E-state index is -0.373. The Kier molecular flexibility index (Phi) is 3.37. The van der Waals surface area contributed by atoms with Crippen molar-refractivity contribution in [2.45, 2.75) is 12.3 Å². The number of halogens is 1. The molecular formula is C19H17FN2O. The summed E-state index contributed by atoms with van der Waals surface area (Å²) in [5.74, 6) is -0.162. The summed E-state index contributed by atoms with van der Waals surface area (Å²) in [5.41, 5.74) is 2.71. The monoisotopic (exact) mass is 308 g/mol. The number of nitrogens with zero attached hydrogens (tertiary/aromatic N) is 1. The largest absolute Gasteiger partial charge is 0.358 e. The Morgan fingerprint density at radius 2 is 2.00 bits per heavy atom. The molecule has 0 radical (unpaired) electrons. The van der Waals surface area contributed by atoms with E-state index < -0.39 is 0 Å². The second kappa shape index (κ2) is 5.54. The van der Waals surface area contributed by atoms with Crippen molar-refractivity contribution in [3.8, 4) is 0 Å². The van der Waals surface area contributed by atoms with Crippen LogP contribution in [0.1, 0.15) is 28.4 Å². The van der Waals surface area contributed by atoms with Gasteiger partial charge in [0.25, 0.3) is 5.91 Å². The first-order valence-corrected chi connectivity index (χ1v) is 7.83. The maximum atomic E-state index is 13.3. The highest BCUT2D eigenvalue weighted by atomic mass is 19.1. The first kappa shape index (κ1) is 14.0. The zero-order chi connectivity index (χ0) is 15.8. The van der Waals surface area contributed by atoms with E-state index in [4.69, 9.17) is 0 Å². The third-order valence-corrected chi connectivity index (χ3v) is 4.54. The van der Waals surface area contributed by atoms with E-state index in [9.17, 15) is 9.18 Å². The van der Waals surface area contributed by atoms with Gasteiger partial charge in [0.2, 0.25) is 0 Å². The van der Waals surface area contributed by atoms with Gasteiger partial charge in [-0.2, -0.15) is 0 Å². The van der Waals surface area contributed by atoms with Crippen LogP contribution < -0.4 is 0 Å². The van der Waals surface area contributed by atoms with Crippen LogP contribution in [0.5, 0.6) is 0 Å². The van der Waals surface area contributed by atoms with E-state index in [1.165, 1.54) is 23.2 Å². The number of H-pyrrole nitrogens is 1. The molecule has 1 fully saturated rings. The van der Waals surface area contributed by atoms with Gasteiger partial charge in [-0.05, 0) is 42.1 Å². The van der Waals surface area contributed by atoms with Gasteiger partial charge in [-0.25, -0.2) is 4.39 Å². The Morgan fingerprint density at radius 3 is 2.83 bits per heavy atom. The summed E-state index contributed by atoms with van der Waals surface area (Å²) >= 11 is 0. The lowest BCUT2D eigenvalue weighted by atomic mass is 10.1. The lowest BCUT2D eigenvalue weighted by Gasteiger charge is -2.16. The van der Waals surface area contributed by atoms with Crippen molar-refractivity contribution in [3.63, 3.8) is 0 Å². The average molecular weight is 308 g/mol. The van der Waals surface area contributed by atoms with Gasteiger partial charge in [0.15, 0.2) is 0 Å². The molecule has 1 atom stereocenters. The molecule has 1 unspecified atom stereocenters. The van der Waals surface area contributed by atoms with E-state index in [1.54, 1.807) is 12.1 Å². The van der Waals surface area contributed by atoms with Crippen molar-refractivity contribution in [2.24, 2.45) is 0 Å². The van der Waals surface area contributed by atoms with E-state index in [0.29, 0.717) is 24.6 Å². The lowest BCUT2D eigenvalue weighted by molar-refractivity contribution is 0.0790. The molecule has 1 saturated heterocycles. The number of aromatic nitrogens is 1. The predicted octanol–water partition coefficient (Wildman–Crippen LogP) is 3.94. The zero-order valence-electron chi connectivity index (χ0n) is 12.6. The molecule has 2 heterocycles. The Morgan fingerprint density at radius 1 is 1.13 bits per heavy atom. The van der Waals surface area contributed by atoms with Crippen molar-refractivity contribution in [1.29, 1.82) is 0 Å². The second-order valence-electron chi connectivity index (χ2n) is 6.06. The number of benzene rings is 2. The van der Waals surface area contributed by atoms with Crippen LogP contribution in [0.3, 0.4) is 0 Å². The van der Waals surface area contributed by atoms with Crippen molar-refractivity contribution >= 4 is 16.8 Å². The second-order valence-corrected chi connectivity index (χ2v) is 6.06. The van der Waals surface area contributed by atoms with E-state index >= 15 is 0 Å². The fourth-order valence-corrected chi connectivity index (χ4v) is 3.32. The molecular weight excluding hydrogens is 291 g/mol. The molecule has 1 N–H and O–H groups in total. The van der Waals surface area contributed by atoms with Crippen LogP contribution in [0.4, 0.5) is 4.39 Å². The summed E-state index contributed by atoms with van der Waals surface area (Å²) < 4.78 is 13.3. The van der Waals surface area contributed by atoms with E-state index in [-0.39, 0.29) is 11.7 Å². The topological polar surface area (TPSA) is 36.1 Å². The molecule has 1 aliphatic heterocycles. The van der Waals surface area contributed by atoms with Gasteiger partial charge in [0.1, 0.15) is 5.82 Å². The number of hydrogen-bond acceptors (Lipinski definition) is 1. The molecule has 116 valence electrons. The minimum absolute atomic E-state index is 0.0943. The summed E-state index contributed by atoms with van der Waals surface area (Å²) in [6.45, 7) is 1.37. The molecule has 1 aromatic heterocycles. The molecule has 0 aliphatic carbocycles. The van der Waals surface area contributed by atoms with Gasteiger partial charge in [0, 0.05) is 35.8 Å². The first-order chi connectivity index (χ1) is 11.2. The smallest absolute Gasteiger partial charge is 0.253 e. The normalized spacial score (nSPS) is 17.8. The predicted molar refractivity (Wildman–Crippen MR) is 88.0 cm³/mol. The highest BCUT2D eigenvalue weighted by Gasteiger charge is 2.29. The molecule has 23 heavy (non-hydrogen) atoms. The highest BCUT2D eigenvalue weighted by Crippen LogP contribution is 2.30. The maximum absolute atomic E-state index is 13.3. The van der Waals surface area contributed by atoms with Crippen LogP contribution in [-0.4, -0.2) is 28.9 Å². The molecule has 0 bridgehead atoms. The number of hydrogen-bond donors (Lipinski definition) is 1. The molecule has 4 heteroatoms. The number of nitrogens with one attached hydrogen (secondary N) is 1. The Balaban J connectivity index is 1.53. The van der Waals surface area contributed by atoms with Crippen LogP contribution >= 0.6 is 0 Å². The average Bonchev–Trinajstić information content (AvgIpc) is 3.20. The zero-order valence-corrected chi connectivity index (χ0v) is 12.6. The van der Waals surface area contributed by atoms with Gasteiger partial charge in [-0.15, -0.1) is 0 Å². The van der Waals surface area contributed by atoms with Crippen molar-refractivity contribution < 1.29 is 9.18 Å². The van der Waals surface area contributed by atoms with Crippen LogP contribution in [0.15, 0.2) is 54.6 Å². The fraction of sp³-hybridized carbons (Fsp3) is 0.211. The van der Waals surface area contributed by atoms with Crippen molar-refractivity contribution in [1.82, 2.24) is 9.88 Å². The third-order valence-electron chi connectivity index (χ3n) is 4.54. The number of rotatable bonds is 2. The summed E-state index contributed by atoms with van der Waals surface area (Å²) in [7, 11) is 0. The van der Waals surface area contributed by atoms with Crippen molar-refractivity contribution in [3.05, 3.63) is 71.7 Å². The van der Waals surface area contributed by atoms with Gasteiger partial charge in [-0.1, -0.05) is 24.3 Å². The minimum Gasteiger partial charge on any atom is -0.358 e. The van der Waals surface area contributed by atoms with E-state index in [0.717, 1.165) is 11.9 Å². The Labute approximate surface area is 133 Å². The quantitative estimate of drug-likeness (QED) is 0.765. The number of fused-ring (bicyclic) bond motifs is 1. The molecule has 1 aliphatic rings. The van der Waals surface area contributed by atoms with Gasteiger partial charge < -0.3 is 9.88 Å². The van der Waals surface area contributed by atoms with Gasteiger partial charge in [-0.3, -0.25) is 4.79 Å². The third kappa shape index (κ3) is 2.61. The lowest BCUT2D eigenvalue weighted by Crippen LogP contribution is -2.28. The Bertz CT molecular complexity index is 837. The SMILES string of the molecule is O=C(c1cccc(F)c1)N1CCC(c2cc3ccccc3[nH]2)C1. The number of aromatic amines is 1. The van der Waals surface area contributed by atoms with Crippen molar-refractivity contribution in [2.75, 3.05) is 13.1 Å². The first-order valence-electron chi connectivity index (χ1n) is 7.83. The number of carbonyl (C=O) groups is 1. The molecule has 3 aromatic rings. The molecule has 0 spiro atoms. The molecule has 0 saturated carbocycles. The van der Waals surface area contributed by atoms with Crippen LogP contribution in [-0.2, 0) is 0 Å². The highest BCUT2D eigenvalue weighted by molar-refractivity contribution is 5.94. The Hall–Kier alpha value is -2.62. The van der Waals surface area contributed by atoms with Gasteiger partial charge in [0.05, 0.1) is 0 Å². The maximum Gasteiger partial charge on any atom is 0.253 e. The van der Waals surface area contributed by atoms with E-state index in [1.807, 2.05) is 17.0 Å². The standard InChI is InChI=1S/C19H17FN2O/c20-16-6-3-5-14(10-16)19(23)22-9-8-15(12-22)18-11-13-4-1-2-7-17(13)21-18/h1-7,10-11,15,21H,8-9,12H2.